The molecule has 3 aromatic rings. The van der Waals surface area contributed by atoms with Gasteiger partial charge >= 0.3 is 0 Å². The number of nitrogens with one attached hydrogen (secondary N) is 1. The fourth-order valence-corrected chi connectivity index (χ4v) is 3.28. The van der Waals surface area contributed by atoms with E-state index in [1.165, 1.54) is 4.88 Å². The highest BCUT2D eigenvalue weighted by Crippen LogP contribution is 2.26. The van der Waals surface area contributed by atoms with Gasteiger partial charge in [0.1, 0.15) is 5.01 Å². The number of amides is 1. The predicted molar refractivity (Wildman–Crippen MR) is 92.6 cm³/mol. The Hall–Kier alpha value is -2.53. The van der Waals surface area contributed by atoms with Gasteiger partial charge < -0.3 is 5.32 Å². The fraction of sp³-hybridized carbons (Fsp3) is 0.167. The van der Waals surface area contributed by atoms with Gasteiger partial charge in [-0.15, -0.1) is 11.3 Å². The first-order chi connectivity index (χ1) is 11.2. The van der Waals surface area contributed by atoms with Crippen molar-refractivity contribution in [3.05, 3.63) is 70.9 Å². The molecule has 5 heteroatoms. The van der Waals surface area contributed by atoms with Crippen LogP contribution in [0.5, 0.6) is 0 Å². The summed E-state index contributed by atoms with van der Waals surface area (Å²) in [4.78, 5) is 22.1. The molecule has 0 aliphatic rings. The molecule has 2 aromatic heterocycles. The highest BCUT2D eigenvalue weighted by Gasteiger charge is 2.11. The Labute approximate surface area is 139 Å². The van der Waals surface area contributed by atoms with Crippen molar-refractivity contribution in [2.24, 2.45) is 0 Å². The highest BCUT2D eigenvalue weighted by molar-refractivity contribution is 7.15. The minimum Gasteiger partial charge on any atom is -0.352 e. The second-order valence-electron chi connectivity index (χ2n) is 5.11. The van der Waals surface area contributed by atoms with E-state index in [4.69, 9.17) is 0 Å². The second kappa shape index (κ2) is 7.15. The summed E-state index contributed by atoms with van der Waals surface area (Å²) in [5, 5.41) is 3.87. The minimum absolute atomic E-state index is 0.0438. The van der Waals surface area contributed by atoms with Crippen molar-refractivity contribution in [2.45, 2.75) is 13.3 Å². The van der Waals surface area contributed by atoms with E-state index in [-0.39, 0.29) is 5.91 Å². The van der Waals surface area contributed by atoms with Gasteiger partial charge in [-0.05, 0) is 31.2 Å². The number of rotatable bonds is 5. The molecular weight excluding hydrogens is 306 g/mol. The third-order valence-electron chi connectivity index (χ3n) is 3.45. The minimum atomic E-state index is -0.0438. The lowest BCUT2D eigenvalue weighted by Crippen LogP contribution is -2.25. The van der Waals surface area contributed by atoms with Gasteiger partial charge in [-0.1, -0.05) is 24.3 Å². The topological polar surface area (TPSA) is 54.9 Å². The van der Waals surface area contributed by atoms with Crippen LogP contribution in [-0.4, -0.2) is 22.4 Å². The zero-order chi connectivity index (χ0) is 16.1. The highest BCUT2D eigenvalue weighted by atomic mass is 32.1. The summed E-state index contributed by atoms with van der Waals surface area (Å²) < 4.78 is 0. The molecule has 1 aromatic carbocycles. The van der Waals surface area contributed by atoms with Crippen LogP contribution >= 0.6 is 11.3 Å². The number of hydrogen-bond acceptors (Lipinski definition) is 4. The van der Waals surface area contributed by atoms with Crippen molar-refractivity contribution in [2.75, 3.05) is 6.54 Å². The lowest BCUT2D eigenvalue weighted by molar-refractivity contribution is 0.0954. The lowest BCUT2D eigenvalue weighted by Gasteiger charge is -2.04. The summed E-state index contributed by atoms with van der Waals surface area (Å²) in [6.07, 6.45) is 2.54. The number of carbonyl (C=O) groups is 1. The molecule has 0 saturated carbocycles. The maximum atomic E-state index is 12.0. The van der Waals surface area contributed by atoms with Crippen LogP contribution < -0.4 is 5.32 Å². The van der Waals surface area contributed by atoms with Crippen molar-refractivity contribution < 1.29 is 4.79 Å². The molecule has 0 aliphatic heterocycles. The van der Waals surface area contributed by atoms with Crippen LogP contribution in [0.15, 0.2) is 54.7 Å². The summed E-state index contributed by atoms with van der Waals surface area (Å²) in [5.41, 5.74) is 2.58. The number of aromatic nitrogens is 2. The molecule has 0 radical (unpaired) electrons. The lowest BCUT2D eigenvalue weighted by atomic mass is 10.2. The van der Waals surface area contributed by atoms with Gasteiger partial charge in [0.05, 0.1) is 11.4 Å². The molecule has 4 nitrogen and oxygen atoms in total. The van der Waals surface area contributed by atoms with Crippen molar-refractivity contribution in [3.63, 3.8) is 0 Å². The molecule has 0 saturated heterocycles. The Morgan fingerprint density at radius 3 is 2.65 bits per heavy atom. The van der Waals surface area contributed by atoms with E-state index < -0.39 is 0 Å². The first kappa shape index (κ1) is 15.4. The van der Waals surface area contributed by atoms with Crippen molar-refractivity contribution in [3.8, 4) is 10.7 Å². The molecule has 23 heavy (non-hydrogen) atoms. The van der Waals surface area contributed by atoms with E-state index in [1.54, 1.807) is 17.5 Å². The first-order valence-electron chi connectivity index (χ1n) is 7.45. The normalized spacial score (nSPS) is 10.5. The van der Waals surface area contributed by atoms with E-state index >= 15 is 0 Å². The molecule has 0 spiro atoms. The van der Waals surface area contributed by atoms with Gasteiger partial charge in [-0.25, -0.2) is 4.98 Å². The molecule has 1 N–H and O–H groups in total. The zero-order valence-electron chi connectivity index (χ0n) is 12.8. The van der Waals surface area contributed by atoms with Gasteiger partial charge in [-0.3, -0.25) is 9.78 Å². The van der Waals surface area contributed by atoms with Crippen molar-refractivity contribution in [1.82, 2.24) is 15.3 Å². The molecule has 0 aliphatic carbocycles. The van der Waals surface area contributed by atoms with Crippen LogP contribution in [0.1, 0.15) is 20.9 Å². The van der Waals surface area contributed by atoms with Gasteiger partial charge in [0.25, 0.3) is 5.91 Å². The van der Waals surface area contributed by atoms with E-state index in [9.17, 15) is 4.79 Å². The standard InChI is InChI=1S/C18H17N3OS/c1-13-16(23-18(21-13)15-9-5-6-11-19-15)10-12-20-17(22)14-7-3-2-4-8-14/h2-9,11H,10,12H2,1H3,(H,20,22). The monoisotopic (exact) mass is 323 g/mol. The maximum absolute atomic E-state index is 12.0. The van der Waals surface area contributed by atoms with Gasteiger partial charge in [-0.2, -0.15) is 0 Å². The van der Waals surface area contributed by atoms with Gasteiger partial charge in [0.2, 0.25) is 0 Å². The third-order valence-corrected chi connectivity index (χ3v) is 4.69. The van der Waals surface area contributed by atoms with E-state index in [2.05, 4.69) is 15.3 Å². The van der Waals surface area contributed by atoms with E-state index in [0.29, 0.717) is 12.1 Å². The summed E-state index contributed by atoms with van der Waals surface area (Å²) in [5.74, 6) is -0.0438. The molecule has 0 bridgehead atoms. The van der Waals surface area contributed by atoms with E-state index in [0.717, 1.165) is 22.8 Å². The van der Waals surface area contributed by atoms with Crippen LogP contribution in [0.25, 0.3) is 10.7 Å². The number of hydrogen-bond donors (Lipinski definition) is 1. The van der Waals surface area contributed by atoms with Crippen LogP contribution in [0.2, 0.25) is 0 Å². The second-order valence-corrected chi connectivity index (χ2v) is 6.20. The third kappa shape index (κ3) is 3.81. The molecule has 0 fully saturated rings. The SMILES string of the molecule is Cc1nc(-c2ccccn2)sc1CCNC(=O)c1ccccc1. The molecule has 116 valence electrons. The largest absolute Gasteiger partial charge is 0.352 e. The predicted octanol–water partition coefficient (Wildman–Crippen LogP) is 3.49. The molecule has 2 heterocycles. The Morgan fingerprint density at radius 1 is 1.13 bits per heavy atom. The van der Waals surface area contributed by atoms with Gasteiger partial charge in [0, 0.05) is 29.6 Å². The molecule has 0 atom stereocenters. The van der Waals surface area contributed by atoms with Crippen molar-refractivity contribution >= 4 is 17.2 Å². The Balaban J connectivity index is 1.61. The number of carbonyl (C=O) groups excluding carboxylic acids is 1. The average Bonchev–Trinajstić information content (AvgIpc) is 2.97. The van der Waals surface area contributed by atoms with E-state index in [1.807, 2.05) is 55.5 Å². The Kier molecular flexibility index (Phi) is 4.78. The Bertz CT molecular complexity index is 785. The van der Waals surface area contributed by atoms with Crippen LogP contribution in [0.4, 0.5) is 0 Å². The smallest absolute Gasteiger partial charge is 0.251 e. The van der Waals surface area contributed by atoms with Crippen LogP contribution in [0.3, 0.4) is 0 Å². The maximum Gasteiger partial charge on any atom is 0.251 e. The quantitative estimate of drug-likeness (QED) is 0.782. The number of nitrogens with zero attached hydrogens (tertiary/aromatic N) is 2. The number of thiazole rings is 1. The molecule has 3 rings (SSSR count). The summed E-state index contributed by atoms with van der Waals surface area (Å²) >= 11 is 1.64. The molecular formula is C18H17N3OS. The summed E-state index contributed by atoms with van der Waals surface area (Å²) in [6.45, 7) is 2.59. The first-order valence-corrected chi connectivity index (χ1v) is 8.26. The van der Waals surface area contributed by atoms with Crippen molar-refractivity contribution in [1.29, 1.82) is 0 Å². The van der Waals surface area contributed by atoms with Crippen LogP contribution in [0, 0.1) is 6.92 Å². The fourth-order valence-electron chi connectivity index (χ4n) is 2.24. The Morgan fingerprint density at radius 2 is 1.91 bits per heavy atom. The average molecular weight is 323 g/mol. The summed E-state index contributed by atoms with van der Waals surface area (Å²) in [7, 11) is 0. The number of aryl methyl sites for hydroxylation is 1. The van der Waals surface area contributed by atoms with Gasteiger partial charge in [0.15, 0.2) is 0 Å². The number of pyridine rings is 1. The molecule has 0 unspecified atom stereocenters. The molecule has 1 amide bonds. The zero-order valence-corrected chi connectivity index (χ0v) is 13.6. The summed E-state index contributed by atoms with van der Waals surface area (Å²) in [6, 6.07) is 15.1. The number of benzene rings is 1. The van der Waals surface area contributed by atoms with Crippen LogP contribution in [-0.2, 0) is 6.42 Å².